The van der Waals surface area contributed by atoms with Gasteiger partial charge in [-0.05, 0) is 13.0 Å². The van der Waals surface area contributed by atoms with Crippen molar-refractivity contribution in [2.45, 2.75) is 6.92 Å². The minimum atomic E-state index is 0.688. The molecule has 0 saturated heterocycles. The summed E-state index contributed by atoms with van der Waals surface area (Å²) in [6, 6.07) is 1.90. The third kappa shape index (κ3) is 0.483. The summed E-state index contributed by atoms with van der Waals surface area (Å²) in [5.74, 6) is 0. The standard InChI is InChI=1S/C6H6N2O/c1-4-5-2-3-9-6(5)8-7-4/h2-3H,1H3,(H,7,8). The van der Waals surface area contributed by atoms with Crippen molar-refractivity contribution < 1.29 is 4.42 Å². The molecule has 0 unspecified atom stereocenters. The van der Waals surface area contributed by atoms with Gasteiger partial charge in [-0.15, -0.1) is 5.10 Å². The first-order chi connectivity index (χ1) is 4.38. The van der Waals surface area contributed by atoms with Gasteiger partial charge < -0.3 is 4.42 Å². The lowest BCUT2D eigenvalue weighted by Crippen LogP contribution is -1.67. The summed E-state index contributed by atoms with van der Waals surface area (Å²) in [6.45, 7) is 1.96. The highest BCUT2D eigenvalue weighted by molar-refractivity contribution is 5.75. The molecule has 0 radical (unpaired) electrons. The number of aromatic amines is 1. The predicted octanol–water partition coefficient (Wildman–Crippen LogP) is 1.46. The molecular formula is C6H6N2O. The number of rotatable bonds is 0. The quantitative estimate of drug-likeness (QED) is 0.574. The van der Waals surface area contributed by atoms with Crippen molar-refractivity contribution in [3.63, 3.8) is 0 Å². The van der Waals surface area contributed by atoms with Gasteiger partial charge in [0.2, 0.25) is 5.71 Å². The van der Waals surface area contributed by atoms with Gasteiger partial charge in [-0.2, -0.15) is 0 Å². The normalized spacial score (nSPS) is 10.8. The van der Waals surface area contributed by atoms with Crippen LogP contribution >= 0.6 is 0 Å². The molecule has 0 saturated carbocycles. The summed E-state index contributed by atoms with van der Waals surface area (Å²) in [7, 11) is 0. The first-order valence-corrected chi connectivity index (χ1v) is 2.76. The molecule has 0 amide bonds. The summed E-state index contributed by atoms with van der Waals surface area (Å²) < 4.78 is 5.00. The molecule has 2 rings (SSSR count). The van der Waals surface area contributed by atoms with Crippen LogP contribution in [0.15, 0.2) is 16.7 Å². The van der Waals surface area contributed by atoms with E-state index in [0.29, 0.717) is 5.71 Å². The van der Waals surface area contributed by atoms with E-state index in [2.05, 4.69) is 10.2 Å². The van der Waals surface area contributed by atoms with E-state index in [-0.39, 0.29) is 0 Å². The topological polar surface area (TPSA) is 41.8 Å². The molecule has 0 spiro atoms. The maximum atomic E-state index is 5.00. The molecule has 2 aromatic heterocycles. The number of nitrogens with one attached hydrogen (secondary N) is 1. The highest BCUT2D eigenvalue weighted by Gasteiger charge is 2.00. The lowest BCUT2D eigenvalue weighted by Gasteiger charge is -1.73. The van der Waals surface area contributed by atoms with Gasteiger partial charge in [0, 0.05) is 5.69 Å². The van der Waals surface area contributed by atoms with E-state index >= 15 is 0 Å². The monoisotopic (exact) mass is 122 g/mol. The zero-order valence-electron chi connectivity index (χ0n) is 5.01. The lowest BCUT2D eigenvalue weighted by molar-refractivity contribution is 0.599. The number of hydrogen-bond donors (Lipinski definition) is 1. The Labute approximate surface area is 51.7 Å². The number of aromatic nitrogens is 2. The van der Waals surface area contributed by atoms with Crippen molar-refractivity contribution in [2.75, 3.05) is 0 Å². The van der Waals surface area contributed by atoms with E-state index in [0.717, 1.165) is 11.1 Å². The average Bonchev–Trinajstić information content (AvgIpc) is 2.35. The number of furan rings is 1. The molecule has 2 heterocycles. The molecule has 3 nitrogen and oxygen atoms in total. The number of fused-ring (bicyclic) bond motifs is 1. The molecule has 3 heteroatoms. The Balaban J connectivity index is 2.99. The molecule has 1 N–H and O–H groups in total. The van der Waals surface area contributed by atoms with E-state index in [9.17, 15) is 0 Å². The van der Waals surface area contributed by atoms with E-state index in [1.807, 2.05) is 13.0 Å². The maximum absolute atomic E-state index is 5.00. The number of nitrogens with zero attached hydrogens (tertiary/aromatic N) is 1. The van der Waals surface area contributed by atoms with Crippen LogP contribution in [0.3, 0.4) is 0 Å². The fourth-order valence-corrected chi connectivity index (χ4v) is 0.868. The summed E-state index contributed by atoms with van der Waals surface area (Å²) in [6.07, 6.45) is 1.64. The fraction of sp³-hybridized carbons (Fsp3) is 0.167. The van der Waals surface area contributed by atoms with Gasteiger partial charge in [0.1, 0.15) is 0 Å². The van der Waals surface area contributed by atoms with Gasteiger partial charge in [-0.25, -0.2) is 0 Å². The number of aryl methyl sites for hydroxylation is 1. The molecular weight excluding hydrogens is 116 g/mol. The molecule has 0 atom stereocenters. The molecule has 2 aromatic rings. The van der Waals surface area contributed by atoms with Gasteiger partial charge in [0.25, 0.3) is 0 Å². The number of hydrogen-bond acceptors (Lipinski definition) is 2. The lowest BCUT2D eigenvalue weighted by atomic mass is 10.3. The zero-order chi connectivity index (χ0) is 6.27. The van der Waals surface area contributed by atoms with Crippen LogP contribution in [0.2, 0.25) is 0 Å². The van der Waals surface area contributed by atoms with Crippen molar-refractivity contribution in [1.82, 2.24) is 10.2 Å². The van der Waals surface area contributed by atoms with Crippen LogP contribution in [0.5, 0.6) is 0 Å². The second-order valence-electron chi connectivity index (χ2n) is 1.99. The molecule has 0 aliphatic rings. The second kappa shape index (κ2) is 1.37. The van der Waals surface area contributed by atoms with Crippen LogP contribution in [0.25, 0.3) is 11.1 Å². The molecule has 0 aliphatic heterocycles. The van der Waals surface area contributed by atoms with Crippen LogP contribution in [0, 0.1) is 6.92 Å². The van der Waals surface area contributed by atoms with Gasteiger partial charge >= 0.3 is 0 Å². The summed E-state index contributed by atoms with van der Waals surface area (Å²) in [4.78, 5) is 0. The zero-order valence-corrected chi connectivity index (χ0v) is 5.01. The van der Waals surface area contributed by atoms with Crippen LogP contribution in [-0.4, -0.2) is 10.2 Å². The van der Waals surface area contributed by atoms with Gasteiger partial charge in [-0.1, -0.05) is 0 Å². The molecule has 0 aromatic carbocycles. The summed E-state index contributed by atoms with van der Waals surface area (Å²) in [5, 5.41) is 7.76. The third-order valence-electron chi connectivity index (χ3n) is 1.37. The molecule has 0 fully saturated rings. The Morgan fingerprint density at radius 2 is 2.56 bits per heavy atom. The Morgan fingerprint density at radius 1 is 1.67 bits per heavy atom. The molecule has 0 aliphatic carbocycles. The smallest absolute Gasteiger partial charge is 0.245 e. The van der Waals surface area contributed by atoms with Crippen LogP contribution in [0.1, 0.15) is 5.69 Å². The van der Waals surface area contributed by atoms with E-state index in [4.69, 9.17) is 4.42 Å². The SMILES string of the molecule is Cc1[nH]nc2occc12. The van der Waals surface area contributed by atoms with E-state index in [1.54, 1.807) is 6.26 Å². The third-order valence-corrected chi connectivity index (χ3v) is 1.37. The Hall–Kier alpha value is -1.25. The highest BCUT2D eigenvalue weighted by atomic mass is 16.3. The maximum Gasteiger partial charge on any atom is 0.245 e. The molecule has 0 bridgehead atoms. The summed E-state index contributed by atoms with van der Waals surface area (Å²) in [5.41, 5.74) is 1.74. The minimum Gasteiger partial charge on any atom is -0.445 e. The fourth-order valence-electron chi connectivity index (χ4n) is 0.868. The summed E-state index contributed by atoms with van der Waals surface area (Å²) >= 11 is 0. The largest absolute Gasteiger partial charge is 0.445 e. The van der Waals surface area contributed by atoms with E-state index in [1.165, 1.54) is 0 Å². The van der Waals surface area contributed by atoms with Gasteiger partial charge in [0.15, 0.2) is 0 Å². The molecule has 9 heavy (non-hydrogen) atoms. The molecule has 46 valence electrons. The predicted molar refractivity (Wildman–Crippen MR) is 33.1 cm³/mol. The van der Waals surface area contributed by atoms with Crippen molar-refractivity contribution in [1.29, 1.82) is 0 Å². The van der Waals surface area contributed by atoms with Gasteiger partial charge in [0.05, 0.1) is 11.6 Å². The highest BCUT2D eigenvalue weighted by Crippen LogP contribution is 2.14. The van der Waals surface area contributed by atoms with Gasteiger partial charge in [-0.3, -0.25) is 5.10 Å². The van der Waals surface area contributed by atoms with E-state index < -0.39 is 0 Å². The second-order valence-corrected chi connectivity index (χ2v) is 1.99. The number of H-pyrrole nitrogens is 1. The Morgan fingerprint density at radius 3 is 3.33 bits per heavy atom. The average molecular weight is 122 g/mol. The van der Waals surface area contributed by atoms with Crippen molar-refractivity contribution >= 4 is 11.1 Å². The Kier molecular flexibility index (Phi) is 0.704. The van der Waals surface area contributed by atoms with Crippen LogP contribution < -0.4 is 0 Å². The Bertz CT molecular complexity index is 320. The van der Waals surface area contributed by atoms with Crippen LogP contribution in [-0.2, 0) is 0 Å². The van der Waals surface area contributed by atoms with Crippen LogP contribution in [0.4, 0.5) is 0 Å². The van der Waals surface area contributed by atoms with Crippen molar-refractivity contribution in [2.24, 2.45) is 0 Å². The van der Waals surface area contributed by atoms with Crippen molar-refractivity contribution in [3.05, 3.63) is 18.0 Å². The minimum absolute atomic E-state index is 0.688. The van der Waals surface area contributed by atoms with Crippen molar-refractivity contribution in [3.8, 4) is 0 Å². The first kappa shape index (κ1) is 4.61. The first-order valence-electron chi connectivity index (χ1n) is 2.76.